The normalized spacial score (nSPS) is 27.7. The lowest BCUT2D eigenvalue weighted by atomic mass is 9.77. The van der Waals surface area contributed by atoms with Crippen LogP contribution in [0.3, 0.4) is 0 Å². The van der Waals surface area contributed by atoms with Crippen LogP contribution in [0.5, 0.6) is 0 Å². The van der Waals surface area contributed by atoms with Gasteiger partial charge in [-0.1, -0.05) is 41.4 Å². The van der Waals surface area contributed by atoms with Crippen LogP contribution in [-0.2, 0) is 14.3 Å². The minimum absolute atomic E-state index is 0.0220. The van der Waals surface area contributed by atoms with Crippen LogP contribution in [-0.4, -0.2) is 35.2 Å². The van der Waals surface area contributed by atoms with Crippen molar-refractivity contribution in [1.29, 1.82) is 0 Å². The molecule has 164 valence electrons. The van der Waals surface area contributed by atoms with Crippen molar-refractivity contribution in [2.24, 2.45) is 11.8 Å². The molecule has 32 heavy (non-hydrogen) atoms. The third-order valence-electron chi connectivity index (χ3n) is 6.15. The first-order valence-electron chi connectivity index (χ1n) is 10.1. The number of hydrogen-bond acceptors (Lipinski definition) is 4. The number of amides is 2. The summed E-state index contributed by atoms with van der Waals surface area (Å²) in [5.41, 5.74) is 1.15. The number of imide groups is 1. The molecule has 2 N–H and O–H groups in total. The lowest BCUT2D eigenvalue weighted by Gasteiger charge is -2.29. The summed E-state index contributed by atoms with van der Waals surface area (Å²) >= 11 is 11.2. The maximum absolute atomic E-state index is 13.4. The Hall–Kier alpha value is -2.81. The lowest BCUT2D eigenvalue weighted by Crippen LogP contribution is -2.49. The van der Waals surface area contributed by atoms with E-state index >= 15 is 0 Å². The van der Waals surface area contributed by atoms with Crippen molar-refractivity contribution in [1.82, 2.24) is 5.32 Å². The topological polar surface area (TPSA) is 70.7 Å². The van der Waals surface area contributed by atoms with Gasteiger partial charge in [-0.25, -0.2) is 9.29 Å². The van der Waals surface area contributed by atoms with Crippen LogP contribution >= 0.6 is 23.8 Å². The van der Waals surface area contributed by atoms with E-state index in [9.17, 15) is 14.0 Å². The Labute approximate surface area is 194 Å². The average molecular weight is 472 g/mol. The van der Waals surface area contributed by atoms with Crippen molar-refractivity contribution in [3.63, 3.8) is 0 Å². The fraction of sp³-hybridized carbons (Fsp3) is 0.261. The fourth-order valence-corrected chi connectivity index (χ4v) is 4.99. The summed E-state index contributed by atoms with van der Waals surface area (Å²) in [7, 11) is 0. The molecule has 2 fully saturated rings. The van der Waals surface area contributed by atoms with Gasteiger partial charge in [-0.2, -0.15) is 0 Å². The third-order valence-corrected chi connectivity index (χ3v) is 6.69. The molecule has 2 aromatic carbocycles. The molecule has 2 saturated heterocycles. The van der Waals surface area contributed by atoms with Gasteiger partial charge in [0, 0.05) is 5.69 Å². The van der Waals surface area contributed by atoms with Gasteiger partial charge in [0.25, 0.3) is 0 Å². The molecule has 0 aliphatic carbocycles. The monoisotopic (exact) mass is 471 g/mol. The van der Waals surface area contributed by atoms with E-state index in [1.807, 2.05) is 31.2 Å². The van der Waals surface area contributed by atoms with Crippen molar-refractivity contribution < 1.29 is 18.7 Å². The number of rotatable bonds is 4. The van der Waals surface area contributed by atoms with Crippen LogP contribution < -0.4 is 15.5 Å². The summed E-state index contributed by atoms with van der Waals surface area (Å²) in [6.45, 7) is 2.14. The number of benzene rings is 2. The minimum Gasteiger partial charge on any atom is -0.360 e. The van der Waals surface area contributed by atoms with Gasteiger partial charge in [0.15, 0.2) is 5.11 Å². The van der Waals surface area contributed by atoms with E-state index < -0.39 is 29.4 Å². The molecule has 2 aromatic rings. The van der Waals surface area contributed by atoms with Crippen molar-refractivity contribution in [2.45, 2.75) is 18.6 Å². The highest BCUT2D eigenvalue weighted by atomic mass is 35.5. The highest BCUT2D eigenvalue weighted by molar-refractivity contribution is 7.80. The van der Waals surface area contributed by atoms with Crippen molar-refractivity contribution in [2.75, 3.05) is 16.8 Å². The molecular weight excluding hydrogens is 453 g/mol. The molecule has 4 atom stereocenters. The molecule has 3 aliphatic rings. The van der Waals surface area contributed by atoms with E-state index in [-0.39, 0.29) is 28.5 Å². The molecule has 0 radical (unpaired) electrons. The predicted octanol–water partition coefficient (Wildman–Crippen LogP) is 3.59. The number of hydrogen-bond donors (Lipinski definition) is 2. The zero-order chi connectivity index (χ0) is 22.6. The van der Waals surface area contributed by atoms with E-state index in [0.717, 1.165) is 5.56 Å². The van der Waals surface area contributed by atoms with Crippen molar-refractivity contribution in [3.05, 3.63) is 71.0 Å². The zero-order valence-electron chi connectivity index (χ0n) is 17.0. The van der Waals surface area contributed by atoms with E-state index in [0.29, 0.717) is 11.4 Å². The van der Waals surface area contributed by atoms with E-state index in [1.54, 1.807) is 12.1 Å². The van der Waals surface area contributed by atoms with Crippen LogP contribution in [0.4, 0.5) is 15.8 Å². The molecule has 0 aromatic heterocycles. The highest BCUT2D eigenvalue weighted by Gasteiger charge is 2.67. The van der Waals surface area contributed by atoms with Gasteiger partial charge in [0.1, 0.15) is 11.4 Å². The van der Waals surface area contributed by atoms with Gasteiger partial charge in [-0.3, -0.25) is 9.59 Å². The van der Waals surface area contributed by atoms with E-state index in [2.05, 4.69) is 10.6 Å². The highest BCUT2D eigenvalue weighted by Crippen LogP contribution is 2.52. The van der Waals surface area contributed by atoms with Crippen LogP contribution in [0, 0.1) is 24.6 Å². The molecule has 0 unspecified atom stereocenters. The third kappa shape index (κ3) is 3.30. The number of thiocarbonyl (C=S) groups is 1. The molecule has 3 heterocycles. The summed E-state index contributed by atoms with van der Waals surface area (Å²) in [6.07, 6.45) is 3.22. The Bertz CT molecular complexity index is 1170. The molecule has 2 bridgehead atoms. The molecule has 3 aliphatic heterocycles. The van der Waals surface area contributed by atoms with Crippen LogP contribution in [0.1, 0.15) is 5.56 Å². The number of nitrogens with one attached hydrogen (secondary N) is 2. The number of ether oxygens (including phenoxy) is 1. The van der Waals surface area contributed by atoms with Crippen LogP contribution in [0.25, 0.3) is 0 Å². The maximum Gasteiger partial charge on any atom is 0.241 e. The van der Waals surface area contributed by atoms with Gasteiger partial charge in [-0.05, 0) is 49.5 Å². The molecule has 5 rings (SSSR count). The van der Waals surface area contributed by atoms with Gasteiger partial charge in [0.2, 0.25) is 11.8 Å². The molecule has 6 nitrogen and oxygen atoms in total. The Morgan fingerprint density at radius 3 is 2.69 bits per heavy atom. The Morgan fingerprint density at radius 2 is 1.97 bits per heavy atom. The summed E-state index contributed by atoms with van der Waals surface area (Å²) in [4.78, 5) is 27.8. The summed E-state index contributed by atoms with van der Waals surface area (Å²) < 4.78 is 19.5. The first-order chi connectivity index (χ1) is 15.3. The predicted molar refractivity (Wildman–Crippen MR) is 123 cm³/mol. The smallest absolute Gasteiger partial charge is 0.241 e. The minimum atomic E-state index is -0.978. The van der Waals surface area contributed by atoms with E-state index in [1.165, 1.54) is 23.1 Å². The Morgan fingerprint density at radius 1 is 1.22 bits per heavy atom. The quantitative estimate of drug-likeness (QED) is 0.403. The van der Waals surface area contributed by atoms with Crippen molar-refractivity contribution in [3.8, 4) is 0 Å². The SMILES string of the molecule is Cc1ccc(N2C(=O)[C@H]3[C@@H](C2=O)[C@@]2(CNC(=S)Nc4ccc(F)c(Cl)c4)C=C[C@H]3O2)cc1. The summed E-state index contributed by atoms with van der Waals surface area (Å²) in [5.74, 6) is -2.25. The molecule has 2 amide bonds. The zero-order valence-corrected chi connectivity index (χ0v) is 18.5. The first kappa shape index (κ1) is 21.1. The van der Waals surface area contributed by atoms with Gasteiger partial charge >= 0.3 is 0 Å². The number of carbonyl (C=O) groups is 2. The average Bonchev–Trinajstić information content (AvgIpc) is 3.41. The largest absolute Gasteiger partial charge is 0.360 e. The second-order valence-electron chi connectivity index (χ2n) is 8.18. The molecular formula is C23H19ClFN3O3S. The van der Waals surface area contributed by atoms with E-state index in [4.69, 9.17) is 28.6 Å². The molecule has 0 spiro atoms. The second kappa shape index (κ2) is 7.65. The Balaban J connectivity index is 1.32. The number of nitrogens with zero attached hydrogens (tertiary/aromatic N) is 1. The summed E-state index contributed by atoms with van der Waals surface area (Å²) in [5, 5.41) is 6.24. The maximum atomic E-state index is 13.4. The standard InChI is InChI=1S/C23H19ClFN3O3S/c1-12-2-5-14(6-3-12)28-20(29)18-17-8-9-23(31-17,19(18)21(28)30)11-26-22(32)27-13-4-7-16(25)15(24)10-13/h2-10,17-19H,11H2,1H3,(H2,26,27,32)/t17-,18-,19+,23+/m1/s1. The number of carbonyl (C=O) groups excluding carboxylic acids is 2. The number of aryl methyl sites for hydroxylation is 1. The van der Waals surface area contributed by atoms with Gasteiger partial charge < -0.3 is 15.4 Å². The number of halogens is 2. The lowest BCUT2D eigenvalue weighted by molar-refractivity contribution is -0.126. The second-order valence-corrected chi connectivity index (χ2v) is 9.00. The van der Waals surface area contributed by atoms with Crippen LogP contribution in [0.2, 0.25) is 5.02 Å². The number of fused-ring (bicyclic) bond motifs is 5. The van der Waals surface area contributed by atoms with Gasteiger partial charge in [0.05, 0.1) is 35.2 Å². The fourth-order valence-electron chi connectivity index (χ4n) is 4.62. The summed E-state index contributed by atoms with van der Waals surface area (Å²) in [6, 6.07) is 11.5. The number of anilines is 2. The van der Waals surface area contributed by atoms with Gasteiger partial charge in [-0.15, -0.1) is 0 Å². The van der Waals surface area contributed by atoms with Crippen molar-refractivity contribution >= 4 is 52.1 Å². The molecule has 0 saturated carbocycles. The Kier molecular flexibility index (Phi) is 5.03. The first-order valence-corrected chi connectivity index (χ1v) is 10.9. The van der Waals surface area contributed by atoms with Crippen LogP contribution in [0.15, 0.2) is 54.6 Å². The molecule has 9 heteroatoms.